The molecule has 1 atom stereocenters. The summed E-state index contributed by atoms with van der Waals surface area (Å²) in [5, 5.41) is 18.9. The molecule has 1 spiro atoms. The minimum Gasteiger partial charge on any atom is -0.508 e. The molecule has 1 fully saturated rings. The molecule has 0 bridgehead atoms. The Bertz CT molecular complexity index is 905. The molecule has 2 aliphatic heterocycles. The van der Waals surface area contributed by atoms with Gasteiger partial charge in [0, 0.05) is 39.9 Å². The van der Waals surface area contributed by atoms with Gasteiger partial charge in [-0.3, -0.25) is 5.32 Å². The molecule has 4 rings (SSSR count). The van der Waals surface area contributed by atoms with Crippen LogP contribution in [0.2, 0.25) is 5.02 Å². The number of nitrogens with zero attached hydrogens (tertiary/aromatic N) is 1. The zero-order valence-corrected chi connectivity index (χ0v) is 19.1. The molecule has 0 radical (unpaired) electrons. The van der Waals surface area contributed by atoms with E-state index in [2.05, 4.69) is 51.4 Å². The van der Waals surface area contributed by atoms with Crippen LogP contribution in [0.1, 0.15) is 43.9 Å². The van der Waals surface area contributed by atoms with Crippen LogP contribution in [-0.4, -0.2) is 34.8 Å². The normalized spacial score (nSPS) is 21.8. The Labute approximate surface area is 186 Å². The molecule has 0 aliphatic carbocycles. The van der Waals surface area contributed by atoms with Crippen molar-refractivity contribution in [2.24, 2.45) is 0 Å². The second-order valence-corrected chi connectivity index (χ2v) is 9.60. The third-order valence-electron chi connectivity index (χ3n) is 6.00. The van der Waals surface area contributed by atoms with Crippen LogP contribution in [0.15, 0.2) is 53.0 Å². The highest BCUT2D eigenvalue weighted by molar-refractivity contribution is 9.10. The van der Waals surface area contributed by atoms with Crippen LogP contribution in [0.4, 0.5) is 0 Å². The number of phenols is 1. The molecule has 0 amide bonds. The highest BCUT2D eigenvalue weighted by atomic mass is 79.9. The fraction of sp³-hybridized carbons (Fsp3) is 0.391. The Morgan fingerprint density at radius 2 is 1.83 bits per heavy atom. The number of piperidine rings is 1. The van der Waals surface area contributed by atoms with Gasteiger partial charge < -0.3 is 15.3 Å². The van der Waals surface area contributed by atoms with Gasteiger partial charge in [-0.05, 0) is 68.7 Å². The maximum Gasteiger partial charge on any atom is 0.120 e. The van der Waals surface area contributed by atoms with Gasteiger partial charge in [0.15, 0.2) is 0 Å². The SMILES string of the molecule is CC(C)N1CCC2(CC1)NC(c1ccc(Cl)cc1)=CC(c1cc(Br)ccc1O)N2. The third-order valence-corrected chi connectivity index (χ3v) is 6.75. The lowest BCUT2D eigenvalue weighted by atomic mass is 9.89. The van der Waals surface area contributed by atoms with E-state index < -0.39 is 0 Å². The van der Waals surface area contributed by atoms with Gasteiger partial charge in [-0.15, -0.1) is 0 Å². The standard InChI is InChI=1S/C23H27BrClN3O/c1-15(2)28-11-9-23(10-12-28)26-20(16-3-6-18(25)7-4-16)14-21(27-23)19-13-17(24)5-8-22(19)29/h3-8,13-15,21,26-27,29H,9-12H2,1-2H3. The number of phenolic OH excluding ortho intramolecular Hbond substituents is 1. The van der Waals surface area contributed by atoms with Gasteiger partial charge in [0.2, 0.25) is 0 Å². The molecule has 1 saturated heterocycles. The Balaban J connectivity index is 1.71. The first-order valence-electron chi connectivity index (χ1n) is 10.1. The monoisotopic (exact) mass is 475 g/mol. The summed E-state index contributed by atoms with van der Waals surface area (Å²) in [5.74, 6) is 0.300. The molecule has 4 nitrogen and oxygen atoms in total. The summed E-state index contributed by atoms with van der Waals surface area (Å²) in [5.41, 5.74) is 2.83. The van der Waals surface area contributed by atoms with Gasteiger partial charge >= 0.3 is 0 Å². The molecule has 2 aliphatic rings. The maximum atomic E-state index is 10.5. The topological polar surface area (TPSA) is 47.5 Å². The number of nitrogens with one attached hydrogen (secondary N) is 2. The highest BCUT2D eigenvalue weighted by Gasteiger charge is 2.40. The predicted octanol–water partition coefficient (Wildman–Crippen LogP) is 5.28. The van der Waals surface area contributed by atoms with Crippen LogP contribution in [0.25, 0.3) is 5.70 Å². The number of likely N-dealkylation sites (tertiary alicyclic amines) is 1. The summed E-state index contributed by atoms with van der Waals surface area (Å²) < 4.78 is 0.954. The zero-order chi connectivity index (χ0) is 20.6. The first-order valence-corrected chi connectivity index (χ1v) is 11.3. The van der Waals surface area contributed by atoms with Crippen LogP contribution in [0.3, 0.4) is 0 Å². The summed E-state index contributed by atoms with van der Waals surface area (Å²) in [6, 6.07) is 14.0. The molecule has 6 heteroatoms. The summed E-state index contributed by atoms with van der Waals surface area (Å²) in [7, 11) is 0. The van der Waals surface area contributed by atoms with E-state index in [9.17, 15) is 5.11 Å². The lowest BCUT2D eigenvalue weighted by Crippen LogP contribution is -2.64. The van der Waals surface area contributed by atoms with Crippen LogP contribution < -0.4 is 10.6 Å². The molecule has 2 aromatic carbocycles. The van der Waals surface area contributed by atoms with E-state index in [0.29, 0.717) is 11.8 Å². The van der Waals surface area contributed by atoms with Crippen LogP contribution in [0.5, 0.6) is 5.75 Å². The molecule has 2 heterocycles. The number of rotatable bonds is 3. The molecule has 3 N–H and O–H groups in total. The lowest BCUT2D eigenvalue weighted by molar-refractivity contribution is 0.0907. The van der Waals surface area contributed by atoms with Crippen LogP contribution >= 0.6 is 27.5 Å². The molecule has 1 unspecified atom stereocenters. The average molecular weight is 477 g/mol. The van der Waals surface area contributed by atoms with Gasteiger partial charge in [-0.1, -0.05) is 39.7 Å². The quantitative estimate of drug-likeness (QED) is 0.564. The van der Waals surface area contributed by atoms with Crippen molar-refractivity contribution in [3.8, 4) is 5.75 Å². The minimum atomic E-state index is -0.214. The summed E-state index contributed by atoms with van der Waals surface area (Å²) >= 11 is 9.65. The molecular weight excluding hydrogens is 450 g/mol. The fourth-order valence-electron chi connectivity index (χ4n) is 4.27. The van der Waals surface area contributed by atoms with E-state index in [0.717, 1.165) is 52.3 Å². The van der Waals surface area contributed by atoms with Crippen LogP contribution in [0, 0.1) is 0 Å². The van der Waals surface area contributed by atoms with Gasteiger partial charge in [0.25, 0.3) is 0 Å². The number of hydrogen-bond donors (Lipinski definition) is 3. The van der Waals surface area contributed by atoms with E-state index in [1.54, 1.807) is 6.07 Å². The second kappa shape index (κ2) is 8.31. The van der Waals surface area contributed by atoms with E-state index in [4.69, 9.17) is 11.6 Å². The van der Waals surface area contributed by atoms with Crippen molar-refractivity contribution < 1.29 is 5.11 Å². The van der Waals surface area contributed by atoms with Crippen molar-refractivity contribution in [3.63, 3.8) is 0 Å². The molecule has 2 aromatic rings. The fourth-order valence-corrected chi connectivity index (χ4v) is 4.78. The molecule has 154 valence electrons. The van der Waals surface area contributed by atoms with Crippen molar-refractivity contribution in [1.29, 1.82) is 0 Å². The van der Waals surface area contributed by atoms with E-state index >= 15 is 0 Å². The number of benzene rings is 2. The van der Waals surface area contributed by atoms with Crippen molar-refractivity contribution >= 4 is 33.2 Å². The maximum absolute atomic E-state index is 10.5. The summed E-state index contributed by atoms with van der Waals surface area (Å²) in [6.07, 6.45) is 4.13. The summed E-state index contributed by atoms with van der Waals surface area (Å²) in [4.78, 5) is 2.51. The van der Waals surface area contributed by atoms with Crippen molar-refractivity contribution in [2.45, 2.75) is 44.4 Å². The molecular formula is C23H27BrClN3O. The zero-order valence-electron chi connectivity index (χ0n) is 16.8. The Kier molecular flexibility index (Phi) is 5.94. The minimum absolute atomic E-state index is 0.0926. The van der Waals surface area contributed by atoms with Crippen molar-refractivity contribution in [3.05, 3.63) is 69.2 Å². The number of hydrogen-bond acceptors (Lipinski definition) is 4. The second-order valence-electron chi connectivity index (χ2n) is 8.25. The smallest absolute Gasteiger partial charge is 0.120 e. The predicted molar refractivity (Wildman–Crippen MR) is 123 cm³/mol. The molecule has 0 aromatic heterocycles. The van der Waals surface area contributed by atoms with Gasteiger partial charge in [-0.2, -0.15) is 0 Å². The van der Waals surface area contributed by atoms with E-state index in [-0.39, 0.29) is 11.7 Å². The first kappa shape index (κ1) is 20.7. The van der Waals surface area contributed by atoms with Crippen LogP contribution in [-0.2, 0) is 0 Å². The van der Waals surface area contributed by atoms with Crippen molar-refractivity contribution in [1.82, 2.24) is 15.5 Å². The number of aromatic hydroxyl groups is 1. The average Bonchev–Trinajstić information content (AvgIpc) is 2.70. The lowest BCUT2D eigenvalue weighted by Gasteiger charge is -2.49. The number of halogens is 2. The Morgan fingerprint density at radius 3 is 2.48 bits per heavy atom. The third kappa shape index (κ3) is 4.48. The molecule has 29 heavy (non-hydrogen) atoms. The van der Waals surface area contributed by atoms with Crippen molar-refractivity contribution in [2.75, 3.05) is 13.1 Å². The van der Waals surface area contributed by atoms with E-state index in [1.165, 1.54) is 0 Å². The van der Waals surface area contributed by atoms with Gasteiger partial charge in [-0.25, -0.2) is 0 Å². The Hall–Kier alpha value is -1.53. The van der Waals surface area contributed by atoms with E-state index in [1.807, 2.05) is 36.4 Å². The van der Waals surface area contributed by atoms with Gasteiger partial charge in [0.05, 0.1) is 11.7 Å². The summed E-state index contributed by atoms with van der Waals surface area (Å²) in [6.45, 7) is 6.56. The highest BCUT2D eigenvalue weighted by Crippen LogP contribution is 2.37. The Morgan fingerprint density at radius 1 is 1.14 bits per heavy atom. The largest absolute Gasteiger partial charge is 0.508 e. The first-order chi connectivity index (χ1) is 13.8. The molecule has 0 saturated carbocycles. The van der Waals surface area contributed by atoms with Gasteiger partial charge in [0.1, 0.15) is 5.75 Å².